The molecule has 2 bridgehead atoms. The number of aliphatic hydroxyl groups excluding tert-OH is 1. The van der Waals surface area contributed by atoms with Crippen molar-refractivity contribution >= 4 is 78.0 Å². The molecule has 0 unspecified atom stereocenters. The number of aromatic nitrogens is 1. The average Bonchev–Trinajstić information content (AvgIpc) is 1.03. The number of piperazine rings is 2. The number of benzene rings is 4. The van der Waals surface area contributed by atoms with E-state index in [-0.39, 0.29) is 30.9 Å². The highest BCUT2D eigenvalue weighted by molar-refractivity contribution is 7.99. The molecule has 5 atom stereocenters. The van der Waals surface area contributed by atoms with Crippen molar-refractivity contribution in [3.05, 3.63) is 131 Å². The second-order valence-electron chi connectivity index (χ2n) is 30.9. The zero-order valence-corrected chi connectivity index (χ0v) is 62.6. The van der Waals surface area contributed by atoms with Gasteiger partial charge in [0.25, 0.3) is 25.8 Å². The summed E-state index contributed by atoms with van der Waals surface area (Å²) in [7, 11) is -11.1. The van der Waals surface area contributed by atoms with Crippen LogP contribution in [-0.2, 0) is 34.2 Å². The van der Waals surface area contributed by atoms with Crippen LogP contribution in [0.2, 0.25) is 0 Å². The number of hydrogen-bond donors (Lipinski definition) is 5. The Hall–Kier alpha value is -6.39. The third-order valence-electron chi connectivity index (χ3n) is 21.8. The summed E-state index contributed by atoms with van der Waals surface area (Å²) in [6.07, 6.45) is 8.93. The Morgan fingerprint density at radius 2 is 1.48 bits per heavy atom. The minimum atomic E-state index is -6.16. The maximum absolute atomic E-state index is 14.6. The fourth-order valence-electron chi connectivity index (χ4n) is 15.8. The lowest BCUT2D eigenvalue weighted by Gasteiger charge is -2.73. The molecule has 3 aliphatic heterocycles. The summed E-state index contributed by atoms with van der Waals surface area (Å²) < 4.78 is 101. The first kappa shape index (κ1) is 75.8. The molecule has 26 heteroatoms. The van der Waals surface area contributed by atoms with Gasteiger partial charge in [-0.3, -0.25) is 24.1 Å². The second-order valence-corrected chi connectivity index (χ2v) is 36.4. The number of allylic oxidation sites excluding steroid dienone is 1. The lowest BCUT2D eigenvalue weighted by atomic mass is 9.31. The molecule has 548 valence electrons. The third-order valence-corrected chi connectivity index (χ3v) is 26.8. The van der Waals surface area contributed by atoms with E-state index in [4.69, 9.17) is 0 Å². The molecule has 4 aliphatic carbocycles. The number of nitrogens with one attached hydrogen (secondary N) is 4. The van der Waals surface area contributed by atoms with E-state index in [0.29, 0.717) is 80.2 Å². The third kappa shape index (κ3) is 17.7. The van der Waals surface area contributed by atoms with Crippen LogP contribution in [0.15, 0.2) is 128 Å². The van der Waals surface area contributed by atoms with Crippen molar-refractivity contribution in [3.8, 4) is 10.4 Å². The van der Waals surface area contributed by atoms with Crippen molar-refractivity contribution in [2.45, 2.75) is 176 Å². The van der Waals surface area contributed by atoms with Gasteiger partial charge in [0.15, 0.2) is 0 Å². The van der Waals surface area contributed by atoms with Crippen LogP contribution in [-0.4, -0.2) is 184 Å². The molecule has 1 aromatic heterocycles. The van der Waals surface area contributed by atoms with Crippen LogP contribution in [0.25, 0.3) is 10.4 Å². The maximum Gasteiger partial charge on any atom is 0.501 e. The van der Waals surface area contributed by atoms with E-state index in [9.17, 15) is 54.3 Å². The van der Waals surface area contributed by atoms with Crippen LogP contribution in [0.1, 0.15) is 147 Å². The quantitative estimate of drug-likeness (QED) is 0.0243. The zero-order valence-electron chi connectivity index (χ0n) is 59.3. The molecule has 3 saturated carbocycles. The van der Waals surface area contributed by atoms with Crippen molar-refractivity contribution in [1.29, 1.82) is 0 Å². The smallest absolute Gasteiger partial charge is 0.391 e. The summed E-state index contributed by atoms with van der Waals surface area (Å²) in [5, 5.41) is 19.8. The Morgan fingerprint density at radius 3 is 2.10 bits per heavy atom. The van der Waals surface area contributed by atoms with Gasteiger partial charge in [0.2, 0.25) is 17.7 Å². The van der Waals surface area contributed by atoms with Crippen molar-refractivity contribution in [1.82, 2.24) is 39.9 Å². The number of amides is 4. The zero-order chi connectivity index (χ0) is 72.5. The number of thiazole rings is 1. The number of carbonyl (C=O) groups is 4. The summed E-state index contributed by atoms with van der Waals surface area (Å²) in [5.41, 5.74) is 3.19. The van der Waals surface area contributed by atoms with E-state index < -0.39 is 94.3 Å². The van der Waals surface area contributed by atoms with Crippen molar-refractivity contribution < 1.29 is 54.3 Å². The Balaban J connectivity index is 0.664. The minimum absolute atomic E-state index is 0.00998. The lowest BCUT2D eigenvalue weighted by molar-refractivity contribution is -0.182. The summed E-state index contributed by atoms with van der Waals surface area (Å²) in [6.45, 7) is 24.2. The van der Waals surface area contributed by atoms with E-state index in [1.54, 1.807) is 40.1 Å². The van der Waals surface area contributed by atoms with E-state index >= 15 is 0 Å². The maximum atomic E-state index is 14.6. The van der Waals surface area contributed by atoms with Crippen LogP contribution < -0.4 is 25.6 Å². The minimum Gasteiger partial charge on any atom is -0.391 e. The van der Waals surface area contributed by atoms with Gasteiger partial charge in [-0.15, -0.1) is 23.1 Å². The number of halogens is 3. The van der Waals surface area contributed by atoms with Crippen molar-refractivity contribution in [3.63, 3.8) is 0 Å². The molecule has 4 aromatic carbocycles. The Kier molecular flexibility index (Phi) is 23.1. The standard InChI is InChI=1S/C75H99F3N10O9S4/c1-9-73-46-74(47-73,48-73)61-42-72(7,8)29-27-55(61)43-86-36-38-87(39-37-86)57-23-21-54(22-24-57)68(91)83-101(96,97)60-25-26-62(64(41-60)100(94,95)75(76,77)78)81-56(45-98-59-14-11-10-12-15-59)28-31-85-34-32-84(33-35-85)30-13-16-65(90)82-67(71(4,5)6)70(93)88-44-58(89)40-63(88)69(92)80-50(2)52-17-19-53(20-18-52)66-51(3)79-49-99-66/h10-12,14-15,17-26,41,49-50,56,58,63,67,81,89H,9,13,16,27-40,42-48H2,1-8H3,(H,80,92)(H,82,90)(H,83,91)/t50-,56+,58+,63-,67+,73?,74?/m0/s1. The van der Waals surface area contributed by atoms with E-state index in [2.05, 4.69) is 61.3 Å². The van der Waals surface area contributed by atoms with Crippen LogP contribution in [0.3, 0.4) is 0 Å². The monoisotopic (exact) mass is 1470 g/mol. The molecule has 3 saturated heterocycles. The Morgan fingerprint density at radius 1 is 0.822 bits per heavy atom. The van der Waals surface area contributed by atoms with Crippen molar-refractivity contribution in [2.75, 3.05) is 94.5 Å². The second kappa shape index (κ2) is 30.7. The molecule has 0 spiro atoms. The molecular weight excluding hydrogens is 1370 g/mol. The van der Waals surface area contributed by atoms with Gasteiger partial charge in [-0.05, 0) is 159 Å². The number of sulfone groups is 1. The number of rotatable bonds is 27. The summed E-state index contributed by atoms with van der Waals surface area (Å²) in [6, 6.07) is 23.1. The van der Waals surface area contributed by atoms with E-state index in [0.717, 1.165) is 83.6 Å². The molecule has 4 heterocycles. The molecule has 5 N–H and O–H groups in total. The molecule has 19 nitrogen and oxygen atoms in total. The number of alkyl halides is 3. The fraction of sp³-hybridized carbons (Fsp3) is 0.560. The van der Waals surface area contributed by atoms with Gasteiger partial charge in [0.05, 0.1) is 38.8 Å². The number of carbonyl (C=O) groups excluding carboxylic acids is 4. The molecule has 4 amide bonds. The molecule has 5 aromatic rings. The first-order valence-corrected chi connectivity index (χ1v) is 40.4. The highest BCUT2D eigenvalue weighted by Gasteiger charge is 2.68. The number of β-amino-alcohol motifs (C(OH)–C–C–N with tert-alkyl or cyclic N) is 1. The van der Waals surface area contributed by atoms with Gasteiger partial charge in [0.1, 0.15) is 17.0 Å². The predicted octanol–water partition coefficient (Wildman–Crippen LogP) is 11.5. The number of hydrogen-bond acceptors (Lipinski definition) is 17. The van der Waals surface area contributed by atoms with Crippen LogP contribution in [0.4, 0.5) is 24.5 Å². The highest BCUT2D eigenvalue weighted by Crippen LogP contribution is 2.79. The number of aryl methyl sites for hydroxylation is 1. The predicted molar refractivity (Wildman–Crippen MR) is 391 cm³/mol. The summed E-state index contributed by atoms with van der Waals surface area (Å²) in [4.78, 5) is 70.2. The lowest BCUT2D eigenvalue weighted by Crippen LogP contribution is -2.63. The average molecular weight is 1470 g/mol. The van der Waals surface area contributed by atoms with Gasteiger partial charge in [0, 0.05) is 113 Å². The molecule has 0 radical (unpaired) electrons. The highest BCUT2D eigenvalue weighted by atomic mass is 32.2. The first-order valence-electron chi connectivity index (χ1n) is 35.5. The SMILES string of the molecule is CCC12CC(C3=C(CN4CCN(c5ccc(C(=O)NS(=O)(=O)c6ccc(N[C@H](CCN7CCN(CCCC(=O)N[C@H](C(=O)N8C[C@H](O)C[C@H]8C(=O)N[C@@H](C)c8ccc(-c9scnc9C)cc8)C(C)(C)C)CC7)CSc7ccccc7)c(S(=O)(=O)C(F)(F)F)c6)cc5)CC4)CCC(C)(C)C3)(C1)C2. The van der Waals surface area contributed by atoms with Crippen LogP contribution in [0.5, 0.6) is 0 Å². The molecule has 101 heavy (non-hydrogen) atoms. The Labute approximate surface area is 602 Å². The fourth-order valence-corrected chi connectivity index (χ4v) is 19.6. The van der Waals surface area contributed by atoms with E-state index in [1.807, 2.05) is 93.9 Å². The largest absolute Gasteiger partial charge is 0.501 e. The van der Waals surface area contributed by atoms with E-state index in [1.165, 1.54) is 67.3 Å². The van der Waals surface area contributed by atoms with Gasteiger partial charge in [-0.1, -0.05) is 102 Å². The number of anilines is 2. The summed E-state index contributed by atoms with van der Waals surface area (Å²) >= 11 is 2.97. The van der Waals surface area contributed by atoms with Gasteiger partial charge >= 0.3 is 5.51 Å². The molecule has 6 fully saturated rings. The molecule has 12 rings (SSSR count). The number of sulfonamides is 1. The molecule has 7 aliphatic rings. The Bertz CT molecular complexity index is 4040. The number of aliphatic hydroxyl groups is 1. The molecular formula is C75H99F3N10O9S4. The number of nitrogens with zero attached hydrogens (tertiary/aromatic N) is 6. The normalized spacial score (nSPS) is 23.1. The number of likely N-dealkylation sites (tertiary alicyclic amines) is 1. The van der Waals surface area contributed by atoms with Gasteiger partial charge in [-0.25, -0.2) is 26.5 Å². The van der Waals surface area contributed by atoms with Gasteiger partial charge in [-0.2, -0.15) is 13.2 Å². The topological polar surface area (TPSA) is 234 Å². The number of thioether (sulfide) groups is 1. The van der Waals surface area contributed by atoms with Crippen molar-refractivity contribution in [2.24, 2.45) is 21.7 Å². The van der Waals surface area contributed by atoms with Crippen LogP contribution >= 0.6 is 23.1 Å². The summed E-state index contributed by atoms with van der Waals surface area (Å²) in [5.74, 6) is -1.93. The van der Waals surface area contributed by atoms with Gasteiger partial charge < -0.3 is 40.7 Å². The first-order chi connectivity index (χ1) is 47.7. The van der Waals surface area contributed by atoms with Crippen LogP contribution in [0, 0.1) is 28.6 Å².